The standard InChI is InChI=1S/C23H27ClN2O4/c1-3-30-20-10-8-17(16-21(20)29-2)9-11-22(27)25-12-14-26(15-13-25)23(28)18-6-4-5-7-19(18)24/h4-8,10,16H,3,9,11-15H2,1-2H3. The summed E-state index contributed by atoms with van der Waals surface area (Å²) in [6.45, 7) is 4.57. The molecule has 1 saturated heterocycles. The molecule has 1 aliphatic rings. The van der Waals surface area contributed by atoms with E-state index in [2.05, 4.69) is 0 Å². The summed E-state index contributed by atoms with van der Waals surface area (Å²) in [6.07, 6.45) is 1.04. The second-order valence-corrected chi connectivity index (χ2v) is 7.48. The van der Waals surface area contributed by atoms with Gasteiger partial charge in [0.15, 0.2) is 11.5 Å². The number of piperazine rings is 1. The van der Waals surface area contributed by atoms with Crippen LogP contribution >= 0.6 is 11.6 Å². The van der Waals surface area contributed by atoms with Crippen LogP contribution in [0.3, 0.4) is 0 Å². The maximum Gasteiger partial charge on any atom is 0.255 e. The summed E-state index contributed by atoms with van der Waals surface area (Å²) in [4.78, 5) is 28.9. The third kappa shape index (κ3) is 5.25. The van der Waals surface area contributed by atoms with Crippen molar-refractivity contribution in [2.75, 3.05) is 39.9 Å². The molecule has 2 aromatic carbocycles. The lowest BCUT2D eigenvalue weighted by Gasteiger charge is -2.35. The molecule has 1 heterocycles. The van der Waals surface area contributed by atoms with Gasteiger partial charge in [0.25, 0.3) is 5.91 Å². The predicted octanol–water partition coefficient (Wildman–Crippen LogP) is 3.66. The van der Waals surface area contributed by atoms with Gasteiger partial charge in [0.2, 0.25) is 5.91 Å². The number of halogens is 1. The first-order valence-electron chi connectivity index (χ1n) is 10.1. The van der Waals surface area contributed by atoms with Crippen molar-refractivity contribution in [1.29, 1.82) is 0 Å². The van der Waals surface area contributed by atoms with Crippen molar-refractivity contribution < 1.29 is 19.1 Å². The second-order valence-electron chi connectivity index (χ2n) is 7.07. The number of carbonyl (C=O) groups excluding carboxylic acids is 2. The molecule has 6 nitrogen and oxygen atoms in total. The zero-order valence-electron chi connectivity index (χ0n) is 17.4. The van der Waals surface area contributed by atoms with E-state index < -0.39 is 0 Å². The van der Waals surface area contributed by atoms with Gasteiger partial charge in [-0.1, -0.05) is 29.8 Å². The van der Waals surface area contributed by atoms with Crippen molar-refractivity contribution in [2.24, 2.45) is 0 Å². The number of ether oxygens (including phenoxy) is 2. The van der Waals surface area contributed by atoms with Crippen molar-refractivity contribution in [2.45, 2.75) is 19.8 Å². The number of rotatable bonds is 7. The summed E-state index contributed by atoms with van der Waals surface area (Å²) in [5.41, 5.74) is 1.53. The molecule has 0 unspecified atom stereocenters. The Morgan fingerprint density at radius 1 is 1.00 bits per heavy atom. The van der Waals surface area contributed by atoms with Crippen LogP contribution in [0.25, 0.3) is 0 Å². The first-order valence-corrected chi connectivity index (χ1v) is 10.5. The number of nitrogens with zero attached hydrogens (tertiary/aromatic N) is 2. The quantitative estimate of drug-likeness (QED) is 0.672. The van der Waals surface area contributed by atoms with Gasteiger partial charge >= 0.3 is 0 Å². The number of carbonyl (C=O) groups is 2. The van der Waals surface area contributed by atoms with E-state index in [0.717, 1.165) is 5.56 Å². The van der Waals surface area contributed by atoms with Crippen LogP contribution in [-0.4, -0.2) is 61.5 Å². The Balaban J connectivity index is 1.51. The van der Waals surface area contributed by atoms with Crippen molar-refractivity contribution in [3.63, 3.8) is 0 Å². The molecule has 1 aliphatic heterocycles. The van der Waals surface area contributed by atoms with E-state index in [4.69, 9.17) is 21.1 Å². The molecule has 3 rings (SSSR count). The Labute approximate surface area is 182 Å². The van der Waals surface area contributed by atoms with Crippen LogP contribution in [0, 0.1) is 0 Å². The van der Waals surface area contributed by atoms with E-state index in [1.54, 1.807) is 36.3 Å². The smallest absolute Gasteiger partial charge is 0.255 e. The minimum absolute atomic E-state index is 0.0887. The fourth-order valence-electron chi connectivity index (χ4n) is 3.52. The Bertz CT molecular complexity index is 895. The molecule has 0 spiro atoms. The Hall–Kier alpha value is -2.73. The summed E-state index contributed by atoms with van der Waals surface area (Å²) in [5.74, 6) is 1.38. The Kier molecular flexibility index (Phi) is 7.57. The van der Waals surface area contributed by atoms with Gasteiger partial charge in [-0.25, -0.2) is 0 Å². The number of hydrogen-bond acceptors (Lipinski definition) is 4. The lowest BCUT2D eigenvalue weighted by Crippen LogP contribution is -2.50. The highest BCUT2D eigenvalue weighted by Gasteiger charge is 2.25. The van der Waals surface area contributed by atoms with Crippen molar-refractivity contribution in [3.8, 4) is 11.5 Å². The van der Waals surface area contributed by atoms with Crippen molar-refractivity contribution in [3.05, 3.63) is 58.6 Å². The van der Waals surface area contributed by atoms with Crippen LogP contribution in [0.4, 0.5) is 0 Å². The molecular weight excluding hydrogens is 404 g/mol. The SMILES string of the molecule is CCOc1ccc(CCC(=O)N2CCN(C(=O)c3ccccc3Cl)CC2)cc1OC. The average Bonchev–Trinajstić information content (AvgIpc) is 2.78. The second kappa shape index (κ2) is 10.3. The summed E-state index contributed by atoms with van der Waals surface area (Å²) < 4.78 is 10.9. The molecule has 0 bridgehead atoms. The van der Waals surface area contributed by atoms with Gasteiger partial charge in [-0.3, -0.25) is 9.59 Å². The monoisotopic (exact) mass is 430 g/mol. The van der Waals surface area contributed by atoms with E-state index in [0.29, 0.717) is 67.7 Å². The molecule has 160 valence electrons. The van der Waals surface area contributed by atoms with Gasteiger partial charge in [-0.2, -0.15) is 0 Å². The van der Waals surface area contributed by atoms with E-state index in [1.165, 1.54) is 0 Å². The highest BCUT2D eigenvalue weighted by molar-refractivity contribution is 6.33. The average molecular weight is 431 g/mol. The maximum atomic E-state index is 12.7. The fraction of sp³-hybridized carbons (Fsp3) is 0.391. The number of benzene rings is 2. The van der Waals surface area contributed by atoms with E-state index in [-0.39, 0.29) is 11.8 Å². The van der Waals surface area contributed by atoms with Gasteiger partial charge in [-0.05, 0) is 43.2 Å². The summed E-state index contributed by atoms with van der Waals surface area (Å²) in [7, 11) is 1.61. The fourth-order valence-corrected chi connectivity index (χ4v) is 3.73. The first kappa shape index (κ1) is 22.0. The number of aryl methyl sites for hydroxylation is 1. The largest absolute Gasteiger partial charge is 0.493 e. The lowest BCUT2D eigenvalue weighted by molar-refractivity contribution is -0.132. The Morgan fingerprint density at radius 3 is 2.37 bits per heavy atom. The molecule has 0 radical (unpaired) electrons. The van der Waals surface area contributed by atoms with Crippen LogP contribution in [-0.2, 0) is 11.2 Å². The van der Waals surface area contributed by atoms with E-state index in [1.807, 2.05) is 30.0 Å². The topological polar surface area (TPSA) is 59.1 Å². The van der Waals surface area contributed by atoms with Gasteiger partial charge < -0.3 is 19.3 Å². The molecule has 7 heteroatoms. The van der Waals surface area contributed by atoms with Gasteiger partial charge in [-0.15, -0.1) is 0 Å². The zero-order valence-corrected chi connectivity index (χ0v) is 18.2. The molecule has 0 atom stereocenters. The minimum Gasteiger partial charge on any atom is -0.493 e. The van der Waals surface area contributed by atoms with Gasteiger partial charge in [0.1, 0.15) is 0 Å². The molecule has 0 aromatic heterocycles. The van der Waals surface area contributed by atoms with Crippen LogP contribution in [0.1, 0.15) is 29.3 Å². The van der Waals surface area contributed by atoms with E-state index in [9.17, 15) is 9.59 Å². The molecule has 1 fully saturated rings. The molecule has 0 aliphatic carbocycles. The van der Waals surface area contributed by atoms with Gasteiger partial charge in [0.05, 0.1) is 24.3 Å². The maximum absolute atomic E-state index is 12.7. The van der Waals surface area contributed by atoms with Crippen LogP contribution in [0.15, 0.2) is 42.5 Å². The molecule has 0 N–H and O–H groups in total. The highest BCUT2D eigenvalue weighted by Crippen LogP contribution is 2.28. The van der Waals surface area contributed by atoms with Crippen LogP contribution in [0.5, 0.6) is 11.5 Å². The highest BCUT2D eigenvalue weighted by atomic mass is 35.5. The molecule has 30 heavy (non-hydrogen) atoms. The van der Waals surface area contributed by atoms with Gasteiger partial charge in [0, 0.05) is 32.6 Å². The summed E-state index contributed by atoms with van der Waals surface area (Å²) in [5, 5.41) is 0.451. The predicted molar refractivity (Wildman–Crippen MR) is 116 cm³/mol. The van der Waals surface area contributed by atoms with E-state index >= 15 is 0 Å². The molecule has 2 amide bonds. The number of amides is 2. The third-order valence-electron chi connectivity index (χ3n) is 5.18. The molecule has 2 aromatic rings. The molecular formula is C23H27ClN2O4. The van der Waals surface area contributed by atoms with Crippen LogP contribution < -0.4 is 9.47 Å². The van der Waals surface area contributed by atoms with Crippen molar-refractivity contribution >= 4 is 23.4 Å². The first-order chi connectivity index (χ1) is 14.5. The van der Waals surface area contributed by atoms with Crippen molar-refractivity contribution in [1.82, 2.24) is 9.80 Å². The number of methoxy groups -OCH3 is 1. The van der Waals surface area contributed by atoms with Crippen LogP contribution in [0.2, 0.25) is 5.02 Å². The zero-order chi connectivity index (χ0) is 21.5. The summed E-state index contributed by atoms with van der Waals surface area (Å²) in [6, 6.07) is 12.8. The normalized spacial score (nSPS) is 13.8. The minimum atomic E-state index is -0.0887. The number of hydrogen-bond donors (Lipinski definition) is 0. The summed E-state index contributed by atoms with van der Waals surface area (Å²) >= 11 is 6.14. The Morgan fingerprint density at radius 2 is 1.70 bits per heavy atom. The molecule has 0 saturated carbocycles. The lowest BCUT2D eigenvalue weighted by atomic mass is 10.1. The third-order valence-corrected chi connectivity index (χ3v) is 5.51.